The number of amides is 1. The monoisotopic (exact) mass is 376 g/mol. The lowest BCUT2D eigenvalue weighted by Gasteiger charge is -2.22. The molecule has 2 aromatic rings. The molecule has 25 heavy (non-hydrogen) atoms. The highest BCUT2D eigenvalue weighted by Gasteiger charge is 2.16. The second kappa shape index (κ2) is 8.67. The first-order chi connectivity index (χ1) is 12.1. The maximum atomic E-state index is 12.1. The molecule has 1 aromatic carbocycles. The van der Waals surface area contributed by atoms with Crippen molar-refractivity contribution in [2.45, 2.75) is 56.3 Å². The summed E-state index contributed by atoms with van der Waals surface area (Å²) in [5.41, 5.74) is 3.49. The molecule has 0 bridgehead atoms. The predicted molar refractivity (Wildman–Crippen MR) is 105 cm³/mol. The van der Waals surface area contributed by atoms with Crippen molar-refractivity contribution in [3.05, 3.63) is 29.3 Å². The molecule has 1 aromatic heterocycles. The maximum Gasteiger partial charge on any atom is 0.230 e. The Kier molecular flexibility index (Phi) is 6.31. The SMILES string of the molecule is Cc1cccc(Nc2nnc(SCC(=O)NC3CCCCC3)s2)c1C. The van der Waals surface area contributed by atoms with Crippen molar-refractivity contribution in [3.63, 3.8) is 0 Å². The minimum atomic E-state index is 0.0936. The van der Waals surface area contributed by atoms with Crippen LogP contribution in [0, 0.1) is 13.8 Å². The van der Waals surface area contributed by atoms with Crippen molar-refractivity contribution in [1.29, 1.82) is 0 Å². The van der Waals surface area contributed by atoms with E-state index < -0.39 is 0 Å². The van der Waals surface area contributed by atoms with Crippen LogP contribution >= 0.6 is 23.1 Å². The number of aromatic nitrogens is 2. The number of nitrogens with one attached hydrogen (secondary N) is 2. The standard InChI is InChI=1S/C18H24N4OS2/c1-12-7-6-10-15(13(12)2)20-17-21-22-18(25-17)24-11-16(23)19-14-8-4-3-5-9-14/h6-7,10,14H,3-5,8-9,11H2,1-2H3,(H,19,23)(H,20,21). The van der Waals surface area contributed by atoms with Crippen LogP contribution in [0.2, 0.25) is 0 Å². The highest BCUT2D eigenvalue weighted by molar-refractivity contribution is 8.01. The zero-order chi connectivity index (χ0) is 17.6. The molecular formula is C18H24N4OS2. The summed E-state index contributed by atoms with van der Waals surface area (Å²) in [5, 5.41) is 15.6. The first-order valence-corrected chi connectivity index (χ1v) is 10.5. The van der Waals surface area contributed by atoms with E-state index in [0.29, 0.717) is 11.8 Å². The summed E-state index contributed by atoms with van der Waals surface area (Å²) in [6.07, 6.45) is 5.96. The maximum absolute atomic E-state index is 12.1. The van der Waals surface area contributed by atoms with Crippen molar-refractivity contribution in [3.8, 4) is 0 Å². The fraction of sp³-hybridized carbons (Fsp3) is 0.500. The third-order valence-corrected chi connectivity index (χ3v) is 6.52. The molecule has 0 saturated heterocycles. The summed E-state index contributed by atoms with van der Waals surface area (Å²) in [5.74, 6) is 0.491. The molecular weight excluding hydrogens is 352 g/mol. The number of nitrogens with zero attached hydrogens (tertiary/aromatic N) is 2. The highest BCUT2D eigenvalue weighted by atomic mass is 32.2. The van der Waals surface area contributed by atoms with Gasteiger partial charge in [-0.15, -0.1) is 10.2 Å². The minimum Gasteiger partial charge on any atom is -0.353 e. The van der Waals surface area contributed by atoms with E-state index >= 15 is 0 Å². The quantitative estimate of drug-likeness (QED) is 0.730. The number of benzene rings is 1. The van der Waals surface area contributed by atoms with Gasteiger partial charge in [-0.25, -0.2) is 0 Å². The van der Waals surface area contributed by atoms with Crippen LogP contribution in [0.1, 0.15) is 43.2 Å². The number of anilines is 2. The molecule has 0 radical (unpaired) electrons. The first-order valence-electron chi connectivity index (χ1n) is 8.71. The van der Waals surface area contributed by atoms with Gasteiger partial charge in [0.25, 0.3) is 0 Å². The first kappa shape index (κ1) is 18.2. The molecule has 3 rings (SSSR count). The molecule has 0 spiro atoms. The smallest absolute Gasteiger partial charge is 0.230 e. The third-order valence-electron chi connectivity index (χ3n) is 4.55. The molecule has 2 N–H and O–H groups in total. The van der Waals surface area contributed by atoms with Gasteiger partial charge in [-0.05, 0) is 43.9 Å². The summed E-state index contributed by atoms with van der Waals surface area (Å²) >= 11 is 2.93. The molecule has 0 aliphatic heterocycles. The van der Waals surface area contributed by atoms with E-state index in [-0.39, 0.29) is 5.91 Å². The van der Waals surface area contributed by atoms with Crippen LogP contribution in [-0.2, 0) is 4.79 Å². The number of thioether (sulfide) groups is 1. The lowest BCUT2D eigenvalue weighted by Crippen LogP contribution is -2.37. The van der Waals surface area contributed by atoms with Crippen molar-refractivity contribution in [1.82, 2.24) is 15.5 Å². The van der Waals surface area contributed by atoms with Gasteiger partial charge in [0.2, 0.25) is 11.0 Å². The normalized spacial score (nSPS) is 15.1. The fourth-order valence-electron chi connectivity index (χ4n) is 2.96. The summed E-state index contributed by atoms with van der Waals surface area (Å²) in [4.78, 5) is 12.1. The summed E-state index contributed by atoms with van der Waals surface area (Å²) in [6.45, 7) is 4.18. The van der Waals surface area contributed by atoms with Gasteiger partial charge in [0, 0.05) is 11.7 Å². The van der Waals surface area contributed by atoms with Gasteiger partial charge < -0.3 is 10.6 Å². The van der Waals surface area contributed by atoms with E-state index in [1.54, 1.807) is 0 Å². The Morgan fingerprint density at radius 3 is 2.84 bits per heavy atom. The van der Waals surface area contributed by atoms with Gasteiger partial charge in [0.1, 0.15) is 0 Å². The number of carbonyl (C=O) groups excluding carboxylic acids is 1. The van der Waals surface area contributed by atoms with Gasteiger partial charge in [0.15, 0.2) is 4.34 Å². The Morgan fingerprint density at radius 2 is 2.04 bits per heavy atom. The topological polar surface area (TPSA) is 66.9 Å². The van der Waals surface area contributed by atoms with E-state index in [1.807, 2.05) is 12.1 Å². The van der Waals surface area contributed by atoms with Crippen LogP contribution in [0.15, 0.2) is 22.5 Å². The Morgan fingerprint density at radius 1 is 1.24 bits per heavy atom. The van der Waals surface area contributed by atoms with E-state index in [9.17, 15) is 4.79 Å². The lowest BCUT2D eigenvalue weighted by atomic mass is 9.95. The largest absolute Gasteiger partial charge is 0.353 e. The van der Waals surface area contributed by atoms with E-state index in [0.717, 1.165) is 28.0 Å². The van der Waals surface area contributed by atoms with Crippen molar-refractivity contribution in [2.75, 3.05) is 11.1 Å². The Hall–Kier alpha value is -1.60. The highest BCUT2D eigenvalue weighted by Crippen LogP contribution is 2.29. The summed E-state index contributed by atoms with van der Waals surface area (Å²) in [6, 6.07) is 6.51. The molecule has 1 aliphatic carbocycles. The molecule has 0 atom stereocenters. The second-order valence-electron chi connectivity index (χ2n) is 6.44. The number of carbonyl (C=O) groups is 1. The molecule has 1 fully saturated rings. The third kappa shape index (κ3) is 5.19. The van der Waals surface area contributed by atoms with Crippen LogP contribution in [0.4, 0.5) is 10.8 Å². The number of hydrogen-bond donors (Lipinski definition) is 2. The van der Waals surface area contributed by atoms with E-state index in [2.05, 4.69) is 40.7 Å². The van der Waals surface area contributed by atoms with Crippen LogP contribution in [0.3, 0.4) is 0 Å². The average molecular weight is 377 g/mol. The molecule has 1 amide bonds. The fourth-order valence-corrected chi connectivity index (χ4v) is 4.54. The van der Waals surface area contributed by atoms with Crippen LogP contribution in [-0.4, -0.2) is 27.9 Å². The van der Waals surface area contributed by atoms with Crippen molar-refractivity contribution < 1.29 is 4.79 Å². The minimum absolute atomic E-state index is 0.0936. The predicted octanol–water partition coefficient (Wildman–Crippen LogP) is 4.44. The molecule has 1 aliphatic rings. The Bertz CT molecular complexity index is 726. The second-order valence-corrected chi connectivity index (χ2v) is 8.64. The van der Waals surface area contributed by atoms with Crippen LogP contribution in [0.5, 0.6) is 0 Å². The Labute approximate surface area is 157 Å². The van der Waals surface area contributed by atoms with E-state index in [4.69, 9.17) is 0 Å². The van der Waals surface area contributed by atoms with Gasteiger partial charge >= 0.3 is 0 Å². The van der Waals surface area contributed by atoms with Crippen molar-refractivity contribution in [2.24, 2.45) is 0 Å². The Balaban J connectivity index is 1.49. The zero-order valence-electron chi connectivity index (χ0n) is 14.7. The van der Waals surface area contributed by atoms with Gasteiger partial charge in [-0.1, -0.05) is 54.5 Å². The van der Waals surface area contributed by atoms with Gasteiger partial charge in [0.05, 0.1) is 5.75 Å². The summed E-state index contributed by atoms with van der Waals surface area (Å²) in [7, 11) is 0. The van der Waals surface area contributed by atoms with Crippen molar-refractivity contribution >= 4 is 39.8 Å². The van der Waals surface area contributed by atoms with Gasteiger partial charge in [-0.3, -0.25) is 4.79 Å². The van der Waals surface area contributed by atoms with Crippen LogP contribution < -0.4 is 10.6 Å². The lowest BCUT2D eigenvalue weighted by molar-refractivity contribution is -0.119. The molecule has 134 valence electrons. The molecule has 1 heterocycles. The van der Waals surface area contributed by atoms with Gasteiger partial charge in [-0.2, -0.15) is 0 Å². The number of rotatable bonds is 6. The number of aryl methyl sites for hydroxylation is 1. The molecule has 1 saturated carbocycles. The zero-order valence-corrected chi connectivity index (χ0v) is 16.3. The van der Waals surface area contributed by atoms with Crippen LogP contribution in [0.25, 0.3) is 0 Å². The number of hydrogen-bond acceptors (Lipinski definition) is 6. The molecule has 0 unspecified atom stereocenters. The molecule has 7 heteroatoms. The average Bonchev–Trinajstić information content (AvgIpc) is 3.06. The van der Waals surface area contributed by atoms with E-state index in [1.165, 1.54) is 53.5 Å². The summed E-state index contributed by atoms with van der Waals surface area (Å²) < 4.78 is 0.812. The molecule has 5 nitrogen and oxygen atoms in total.